The molecule has 0 atom stereocenters. The lowest BCUT2D eigenvalue weighted by Crippen LogP contribution is -2.36. The summed E-state index contributed by atoms with van der Waals surface area (Å²) in [7, 11) is -3.65. The van der Waals surface area contributed by atoms with Gasteiger partial charge in [-0.25, -0.2) is 13.1 Å². The Morgan fingerprint density at radius 1 is 1.18 bits per heavy atom. The Hall–Kier alpha value is -2.18. The van der Waals surface area contributed by atoms with Gasteiger partial charge in [-0.05, 0) is 36.2 Å². The number of fused-ring (bicyclic) bond motifs is 1. The summed E-state index contributed by atoms with van der Waals surface area (Å²) in [5.41, 5.74) is 3.40. The number of carbonyl (C=O) groups is 1. The van der Waals surface area contributed by atoms with Crippen molar-refractivity contribution in [3.63, 3.8) is 0 Å². The van der Waals surface area contributed by atoms with E-state index in [9.17, 15) is 13.2 Å². The first-order valence-electron chi connectivity index (χ1n) is 9.52. The van der Waals surface area contributed by atoms with Crippen molar-refractivity contribution in [3.8, 4) is 0 Å². The van der Waals surface area contributed by atoms with Crippen LogP contribution in [0.4, 0.5) is 5.69 Å². The Morgan fingerprint density at radius 2 is 1.89 bits per heavy atom. The van der Waals surface area contributed by atoms with Crippen LogP contribution in [0.1, 0.15) is 44.4 Å². The number of aryl methyl sites for hydroxylation is 1. The van der Waals surface area contributed by atoms with Crippen molar-refractivity contribution in [2.24, 2.45) is 5.92 Å². The van der Waals surface area contributed by atoms with Gasteiger partial charge in [-0.2, -0.15) is 0 Å². The fraction of sp³-hybridized carbons (Fsp3) is 0.409. The van der Waals surface area contributed by atoms with Crippen LogP contribution in [-0.4, -0.2) is 20.9 Å². The Labute approximate surface area is 167 Å². The zero-order valence-corrected chi connectivity index (χ0v) is 17.9. The summed E-state index contributed by atoms with van der Waals surface area (Å²) in [5, 5.41) is 0. The van der Waals surface area contributed by atoms with Gasteiger partial charge in [0.2, 0.25) is 15.9 Å². The molecule has 0 fully saturated rings. The summed E-state index contributed by atoms with van der Waals surface area (Å²) in [6, 6.07) is 12.8. The molecule has 28 heavy (non-hydrogen) atoms. The normalized spacial score (nSPS) is 15.7. The number of nitrogens with one attached hydrogen (secondary N) is 1. The molecule has 150 valence electrons. The predicted octanol–water partition coefficient (Wildman–Crippen LogP) is 3.75. The number of benzene rings is 2. The summed E-state index contributed by atoms with van der Waals surface area (Å²) < 4.78 is 28.3. The number of hydrogen-bond acceptors (Lipinski definition) is 3. The van der Waals surface area contributed by atoms with E-state index in [0.717, 1.165) is 22.4 Å². The van der Waals surface area contributed by atoms with Crippen LogP contribution in [0, 0.1) is 12.8 Å². The Kier molecular flexibility index (Phi) is 5.38. The number of anilines is 1. The zero-order valence-electron chi connectivity index (χ0n) is 17.1. The number of hydrogen-bond donors (Lipinski definition) is 1. The van der Waals surface area contributed by atoms with Gasteiger partial charge in [-0.3, -0.25) is 4.79 Å². The summed E-state index contributed by atoms with van der Waals surface area (Å²) >= 11 is 0. The third-order valence-electron chi connectivity index (χ3n) is 5.16. The third-order valence-corrected chi connectivity index (χ3v) is 6.56. The molecule has 5 nitrogen and oxygen atoms in total. The maximum atomic E-state index is 12.8. The first-order chi connectivity index (χ1) is 13.0. The lowest BCUT2D eigenvalue weighted by Gasteiger charge is -2.22. The van der Waals surface area contributed by atoms with Crippen molar-refractivity contribution in [3.05, 3.63) is 59.2 Å². The Bertz CT molecular complexity index is 1010. The predicted molar refractivity (Wildman–Crippen MR) is 112 cm³/mol. The molecule has 0 aliphatic carbocycles. The highest BCUT2D eigenvalue weighted by Gasteiger charge is 2.39. The molecular formula is C22H28N2O3S. The van der Waals surface area contributed by atoms with Crippen LogP contribution in [0.25, 0.3) is 0 Å². The Morgan fingerprint density at radius 3 is 2.54 bits per heavy atom. The molecule has 0 radical (unpaired) electrons. The fourth-order valence-electron chi connectivity index (χ4n) is 3.62. The Balaban J connectivity index is 1.89. The summed E-state index contributed by atoms with van der Waals surface area (Å²) in [4.78, 5) is 14.6. The highest BCUT2D eigenvalue weighted by molar-refractivity contribution is 7.89. The van der Waals surface area contributed by atoms with E-state index in [1.54, 1.807) is 23.1 Å². The molecule has 0 saturated heterocycles. The molecule has 0 saturated carbocycles. The first kappa shape index (κ1) is 20.6. The number of amides is 1. The standard InChI is InChI=1S/C22H28N2O3S/c1-15(2)21(25)24-14-22(4,5)19-12-18(9-10-20(19)24)28(26,27)23-13-17-8-6-7-16(3)11-17/h6-12,15,23H,13-14H2,1-5H3. The van der Waals surface area contributed by atoms with E-state index in [-0.39, 0.29) is 28.7 Å². The van der Waals surface area contributed by atoms with Crippen molar-refractivity contribution in [2.75, 3.05) is 11.4 Å². The SMILES string of the molecule is Cc1cccc(CNS(=O)(=O)c2ccc3c(c2)C(C)(C)CN3C(=O)C(C)C)c1. The minimum Gasteiger partial charge on any atom is -0.311 e. The summed E-state index contributed by atoms with van der Waals surface area (Å²) in [6.45, 7) is 10.6. The van der Waals surface area contributed by atoms with E-state index in [0.29, 0.717) is 6.54 Å². The van der Waals surface area contributed by atoms with Crippen LogP contribution < -0.4 is 9.62 Å². The minimum absolute atomic E-state index is 0.0556. The average Bonchev–Trinajstić information content (AvgIpc) is 2.90. The third kappa shape index (κ3) is 3.98. The monoisotopic (exact) mass is 400 g/mol. The maximum Gasteiger partial charge on any atom is 0.240 e. The maximum absolute atomic E-state index is 12.8. The van der Waals surface area contributed by atoms with Crippen LogP contribution in [0.2, 0.25) is 0 Å². The lowest BCUT2D eigenvalue weighted by molar-refractivity contribution is -0.121. The van der Waals surface area contributed by atoms with Crippen molar-refractivity contribution < 1.29 is 13.2 Å². The van der Waals surface area contributed by atoms with Gasteiger partial charge in [0.05, 0.1) is 4.90 Å². The van der Waals surface area contributed by atoms with Gasteiger partial charge in [-0.1, -0.05) is 57.5 Å². The second-order valence-electron chi connectivity index (χ2n) is 8.46. The molecule has 2 aromatic carbocycles. The van der Waals surface area contributed by atoms with Crippen molar-refractivity contribution >= 4 is 21.6 Å². The fourth-order valence-corrected chi connectivity index (χ4v) is 4.66. The number of rotatable bonds is 5. The van der Waals surface area contributed by atoms with Crippen LogP contribution in [-0.2, 0) is 26.8 Å². The van der Waals surface area contributed by atoms with Gasteiger partial charge in [0, 0.05) is 30.1 Å². The summed E-state index contributed by atoms with van der Waals surface area (Å²) in [5.74, 6) is -0.0545. The molecule has 1 aliphatic heterocycles. The molecule has 1 heterocycles. The van der Waals surface area contributed by atoms with Gasteiger partial charge in [0.1, 0.15) is 0 Å². The van der Waals surface area contributed by atoms with Gasteiger partial charge in [-0.15, -0.1) is 0 Å². The molecular weight excluding hydrogens is 372 g/mol. The minimum atomic E-state index is -3.65. The number of sulfonamides is 1. The molecule has 1 N–H and O–H groups in total. The molecule has 0 unspecified atom stereocenters. The lowest BCUT2D eigenvalue weighted by atomic mass is 9.87. The second kappa shape index (κ2) is 7.33. The van der Waals surface area contributed by atoms with Gasteiger partial charge in [0.15, 0.2) is 0 Å². The molecule has 0 aromatic heterocycles. The van der Waals surface area contributed by atoms with E-state index >= 15 is 0 Å². The van der Waals surface area contributed by atoms with Crippen molar-refractivity contribution in [1.82, 2.24) is 4.72 Å². The molecule has 0 spiro atoms. The summed E-state index contributed by atoms with van der Waals surface area (Å²) in [6.07, 6.45) is 0. The number of carbonyl (C=O) groups excluding carboxylic acids is 1. The van der Waals surface area contributed by atoms with Gasteiger partial charge < -0.3 is 4.90 Å². The van der Waals surface area contributed by atoms with E-state index in [1.807, 2.05) is 58.9 Å². The largest absolute Gasteiger partial charge is 0.311 e. The molecule has 6 heteroatoms. The van der Waals surface area contributed by atoms with Crippen molar-refractivity contribution in [1.29, 1.82) is 0 Å². The average molecular weight is 401 g/mol. The highest BCUT2D eigenvalue weighted by atomic mass is 32.2. The van der Waals surface area contributed by atoms with Crippen LogP contribution in [0.15, 0.2) is 47.4 Å². The molecule has 0 bridgehead atoms. The highest BCUT2D eigenvalue weighted by Crippen LogP contribution is 2.42. The van der Waals surface area contributed by atoms with E-state index < -0.39 is 10.0 Å². The van der Waals surface area contributed by atoms with E-state index in [4.69, 9.17) is 0 Å². The molecule has 3 rings (SSSR count). The second-order valence-corrected chi connectivity index (χ2v) is 10.2. The molecule has 1 amide bonds. The van der Waals surface area contributed by atoms with Crippen LogP contribution >= 0.6 is 0 Å². The first-order valence-corrected chi connectivity index (χ1v) is 11.0. The number of nitrogens with zero attached hydrogens (tertiary/aromatic N) is 1. The van der Waals surface area contributed by atoms with E-state index in [2.05, 4.69) is 4.72 Å². The smallest absolute Gasteiger partial charge is 0.240 e. The topological polar surface area (TPSA) is 66.5 Å². The van der Waals surface area contributed by atoms with Crippen molar-refractivity contribution in [2.45, 2.75) is 51.5 Å². The molecule has 2 aromatic rings. The zero-order chi connectivity index (χ0) is 20.7. The van der Waals surface area contributed by atoms with Crippen LogP contribution in [0.3, 0.4) is 0 Å². The quantitative estimate of drug-likeness (QED) is 0.831. The van der Waals surface area contributed by atoms with Crippen LogP contribution in [0.5, 0.6) is 0 Å². The molecule has 1 aliphatic rings. The van der Waals surface area contributed by atoms with E-state index in [1.165, 1.54) is 0 Å². The van der Waals surface area contributed by atoms with Gasteiger partial charge in [0.25, 0.3) is 0 Å². The van der Waals surface area contributed by atoms with Gasteiger partial charge >= 0.3 is 0 Å².